The SMILES string of the molecule is COc1cc(CO)nc(N2C[C@@H](c3c(F)cc(OC)cc3F)C(CNC(=O)c3ccc(OC(F)F)cc3)C2=O)c1. The number of pyridine rings is 1. The zero-order chi connectivity index (χ0) is 29.0. The highest BCUT2D eigenvalue weighted by Gasteiger charge is 2.45. The summed E-state index contributed by atoms with van der Waals surface area (Å²) in [5, 5.41) is 12.2. The molecule has 0 aliphatic carbocycles. The Kier molecular flexibility index (Phi) is 8.73. The molecule has 3 aromatic rings. The number of halogens is 4. The second-order valence-electron chi connectivity index (χ2n) is 8.79. The molecule has 0 bridgehead atoms. The number of anilines is 1. The van der Waals surface area contributed by atoms with E-state index in [4.69, 9.17) is 9.47 Å². The van der Waals surface area contributed by atoms with Crippen molar-refractivity contribution in [2.75, 3.05) is 32.2 Å². The molecule has 2 atom stereocenters. The molecule has 0 saturated carbocycles. The van der Waals surface area contributed by atoms with Crippen LogP contribution in [0, 0.1) is 17.6 Å². The van der Waals surface area contributed by atoms with Gasteiger partial charge in [-0.05, 0) is 24.3 Å². The molecule has 2 N–H and O–H groups in total. The van der Waals surface area contributed by atoms with Crippen LogP contribution in [0.25, 0.3) is 0 Å². The Bertz CT molecular complexity index is 1340. The number of rotatable bonds is 10. The van der Waals surface area contributed by atoms with E-state index in [0.717, 1.165) is 12.1 Å². The molecule has 1 saturated heterocycles. The van der Waals surface area contributed by atoms with Crippen molar-refractivity contribution < 1.29 is 46.5 Å². The number of nitrogens with zero attached hydrogens (tertiary/aromatic N) is 2. The molecule has 9 nitrogen and oxygen atoms in total. The minimum absolute atomic E-state index is 0.0499. The summed E-state index contributed by atoms with van der Waals surface area (Å²) in [4.78, 5) is 31.8. The van der Waals surface area contributed by atoms with Crippen LogP contribution in [0.2, 0.25) is 0 Å². The number of aliphatic hydroxyl groups is 1. The monoisotopic (exact) mass is 563 g/mol. The van der Waals surface area contributed by atoms with Crippen LogP contribution in [0.15, 0.2) is 48.5 Å². The van der Waals surface area contributed by atoms with Gasteiger partial charge < -0.3 is 24.6 Å². The van der Waals surface area contributed by atoms with Crippen molar-refractivity contribution in [3.63, 3.8) is 0 Å². The minimum Gasteiger partial charge on any atom is -0.497 e. The van der Waals surface area contributed by atoms with Crippen molar-refractivity contribution >= 4 is 17.6 Å². The molecule has 212 valence electrons. The van der Waals surface area contributed by atoms with Gasteiger partial charge in [0, 0.05) is 54.4 Å². The van der Waals surface area contributed by atoms with Gasteiger partial charge in [0.1, 0.15) is 34.7 Å². The fraction of sp³-hybridized carbons (Fsp3) is 0.296. The summed E-state index contributed by atoms with van der Waals surface area (Å²) in [6, 6.07) is 9.79. The lowest BCUT2D eigenvalue weighted by Gasteiger charge is -2.19. The Balaban J connectivity index is 1.64. The van der Waals surface area contributed by atoms with Crippen molar-refractivity contribution in [3.05, 3.63) is 77.0 Å². The molecule has 1 aromatic heterocycles. The molecule has 1 fully saturated rings. The third-order valence-corrected chi connectivity index (χ3v) is 6.44. The van der Waals surface area contributed by atoms with E-state index in [0.29, 0.717) is 5.75 Å². The number of hydrogen-bond donors (Lipinski definition) is 2. The highest BCUT2D eigenvalue weighted by atomic mass is 19.3. The Morgan fingerprint density at radius 3 is 2.25 bits per heavy atom. The van der Waals surface area contributed by atoms with Gasteiger partial charge in [0.05, 0.1) is 32.4 Å². The number of carbonyl (C=O) groups is 2. The lowest BCUT2D eigenvalue weighted by atomic mass is 9.87. The maximum Gasteiger partial charge on any atom is 0.387 e. The van der Waals surface area contributed by atoms with Gasteiger partial charge in [0.25, 0.3) is 5.91 Å². The van der Waals surface area contributed by atoms with Crippen molar-refractivity contribution in [2.24, 2.45) is 5.92 Å². The Hall–Kier alpha value is -4.39. The first-order valence-corrected chi connectivity index (χ1v) is 12.0. The van der Waals surface area contributed by atoms with Crippen molar-refractivity contribution in [2.45, 2.75) is 19.1 Å². The van der Waals surface area contributed by atoms with E-state index in [9.17, 15) is 23.5 Å². The molecule has 1 unspecified atom stereocenters. The van der Waals surface area contributed by atoms with Crippen LogP contribution in [-0.2, 0) is 11.4 Å². The van der Waals surface area contributed by atoms with E-state index < -0.39 is 48.5 Å². The fourth-order valence-electron chi connectivity index (χ4n) is 4.52. The number of nitrogens with one attached hydrogen (secondary N) is 1. The number of aliphatic hydroxyl groups excluding tert-OH is 1. The molecule has 40 heavy (non-hydrogen) atoms. The van der Waals surface area contributed by atoms with E-state index in [1.807, 2.05) is 0 Å². The summed E-state index contributed by atoms with van der Waals surface area (Å²) in [5.74, 6) is -5.06. The first kappa shape index (κ1) is 28.6. The predicted molar refractivity (Wildman–Crippen MR) is 134 cm³/mol. The summed E-state index contributed by atoms with van der Waals surface area (Å²) in [7, 11) is 2.65. The van der Waals surface area contributed by atoms with Crippen molar-refractivity contribution in [1.82, 2.24) is 10.3 Å². The zero-order valence-corrected chi connectivity index (χ0v) is 21.4. The molecule has 13 heteroatoms. The van der Waals surface area contributed by atoms with Gasteiger partial charge in [-0.2, -0.15) is 8.78 Å². The molecule has 2 amide bonds. The quantitative estimate of drug-likeness (QED) is 0.363. The number of benzene rings is 2. The first-order valence-electron chi connectivity index (χ1n) is 12.0. The second kappa shape index (κ2) is 12.2. The van der Waals surface area contributed by atoms with Crippen molar-refractivity contribution in [1.29, 1.82) is 0 Å². The third kappa shape index (κ3) is 6.09. The van der Waals surface area contributed by atoms with Gasteiger partial charge >= 0.3 is 6.61 Å². The normalized spacial score (nSPS) is 16.8. The maximum absolute atomic E-state index is 15.1. The summed E-state index contributed by atoms with van der Waals surface area (Å²) in [6.45, 7) is -3.97. The topological polar surface area (TPSA) is 110 Å². The standard InChI is InChI=1S/C27H25F4N3O6/c1-38-17-7-15(13-35)33-23(10-17)34-12-20(24-21(28)8-18(39-2)9-22(24)29)19(26(34)37)11-32-25(36)14-3-5-16(6-4-14)40-27(30)31/h3-10,19-20,27,35H,11-13H2,1-2H3,(H,32,36)/t19?,20-/m1/s1. The van der Waals surface area contributed by atoms with Gasteiger partial charge in [-0.15, -0.1) is 0 Å². The van der Waals surface area contributed by atoms with Gasteiger partial charge in [-0.3, -0.25) is 14.5 Å². The van der Waals surface area contributed by atoms with Crippen LogP contribution in [0.5, 0.6) is 17.2 Å². The average molecular weight is 564 g/mol. The van der Waals surface area contributed by atoms with Crippen LogP contribution < -0.4 is 24.4 Å². The molecule has 1 aliphatic rings. The summed E-state index contributed by atoms with van der Waals surface area (Å²) in [5.41, 5.74) is -0.0736. The Labute approximate surface area is 226 Å². The highest BCUT2D eigenvalue weighted by molar-refractivity contribution is 5.99. The van der Waals surface area contributed by atoms with Crippen LogP contribution in [-0.4, -0.2) is 55.8 Å². The van der Waals surface area contributed by atoms with E-state index >= 15 is 8.78 Å². The number of aromatic nitrogens is 1. The summed E-state index contributed by atoms with van der Waals surface area (Å²) >= 11 is 0. The Morgan fingerprint density at radius 2 is 1.68 bits per heavy atom. The number of amides is 2. The van der Waals surface area contributed by atoms with E-state index in [1.54, 1.807) is 0 Å². The van der Waals surface area contributed by atoms with Gasteiger partial charge in [-0.1, -0.05) is 0 Å². The molecular formula is C27H25F4N3O6. The third-order valence-electron chi connectivity index (χ3n) is 6.44. The van der Waals surface area contributed by atoms with Gasteiger partial charge in [0.2, 0.25) is 5.91 Å². The minimum atomic E-state index is -3.03. The molecule has 0 radical (unpaired) electrons. The largest absolute Gasteiger partial charge is 0.497 e. The lowest BCUT2D eigenvalue weighted by Crippen LogP contribution is -2.36. The smallest absolute Gasteiger partial charge is 0.387 e. The van der Waals surface area contributed by atoms with Crippen molar-refractivity contribution in [3.8, 4) is 17.2 Å². The predicted octanol–water partition coefficient (Wildman–Crippen LogP) is 3.65. The molecule has 1 aliphatic heterocycles. The van der Waals surface area contributed by atoms with Crippen LogP contribution in [0.1, 0.15) is 27.5 Å². The zero-order valence-electron chi connectivity index (χ0n) is 21.4. The summed E-state index contributed by atoms with van der Waals surface area (Å²) in [6.07, 6.45) is 0. The van der Waals surface area contributed by atoms with Crippen LogP contribution >= 0.6 is 0 Å². The lowest BCUT2D eigenvalue weighted by molar-refractivity contribution is -0.120. The van der Waals surface area contributed by atoms with Gasteiger partial charge in [0.15, 0.2) is 0 Å². The highest BCUT2D eigenvalue weighted by Crippen LogP contribution is 2.40. The number of carbonyl (C=O) groups excluding carboxylic acids is 2. The average Bonchev–Trinajstić information content (AvgIpc) is 3.26. The molecular weight excluding hydrogens is 538 g/mol. The Morgan fingerprint density at radius 1 is 1.05 bits per heavy atom. The molecule has 0 spiro atoms. The van der Waals surface area contributed by atoms with Crippen LogP contribution in [0.4, 0.5) is 23.4 Å². The number of hydrogen-bond acceptors (Lipinski definition) is 7. The van der Waals surface area contributed by atoms with Gasteiger partial charge in [-0.25, -0.2) is 13.8 Å². The number of alkyl halides is 2. The molecule has 2 heterocycles. The first-order chi connectivity index (χ1) is 19.1. The maximum atomic E-state index is 15.1. The van der Waals surface area contributed by atoms with E-state index in [1.165, 1.54) is 55.5 Å². The number of ether oxygens (including phenoxy) is 3. The van der Waals surface area contributed by atoms with Crippen LogP contribution in [0.3, 0.4) is 0 Å². The molecule has 2 aromatic carbocycles. The summed E-state index contributed by atoms with van der Waals surface area (Å²) < 4.78 is 69.5. The fourth-order valence-corrected chi connectivity index (χ4v) is 4.52. The second-order valence-corrected chi connectivity index (χ2v) is 8.79. The van der Waals surface area contributed by atoms with E-state index in [2.05, 4.69) is 15.0 Å². The van der Waals surface area contributed by atoms with E-state index in [-0.39, 0.29) is 47.2 Å². The molecule has 4 rings (SSSR count). The number of methoxy groups -OCH3 is 2.